The molecule has 9 atom stereocenters. The van der Waals surface area contributed by atoms with Crippen LogP contribution in [0.15, 0.2) is 157 Å². The van der Waals surface area contributed by atoms with Crippen LogP contribution in [0.1, 0.15) is 305 Å². The van der Waals surface area contributed by atoms with Gasteiger partial charge in [-0.3, -0.25) is 29.0 Å². The number of Topliss-reactive ketones (excluding diaryl/α,β-unsaturated/α-hetero) is 1. The molecule has 6 aliphatic carbocycles. The minimum atomic E-state index is -0.859. The Morgan fingerprint density at radius 1 is 0.475 bits per heavy atom. The van der Waals surface area contributed by atoms with Gasteiger partial charge in [-0.1, -0.05) is 195 Å². The molecule has 14 N–H and O–H groups in total. The third-order valence-corrected chi connectivity index (χ3v) is 30.1. The van der Waals surface area contributed by atoms with Gasteiger partial charge in [0.15, 0.2) is 23.1 Å². The molecule has 8 aliphatic heterocycles. The zero-order valence-electron chi connectivity index (χ0n) is 88.0. The van der Waals surface area contributed by atoms with Crippen molar-refractivity contribution in [1.29, 1.82) is 0 Å². The maximum absolute atomic E-state index is 12.6. The van der Waals surface area contributed by atoms with Gasteiger partial charge in [0.25, 0.3) is 0 Å². The van der Waals surface area contributed by atoms with Crippen molar-refractivity contribution in [3.63, 3.8) is 0 Å². The number of carbonyl (C=O) groups excluding carboxylic acids is 7. The van der Waals surface area contributed by atoms with Crippen molar-refractivity contribution in [3.05, 3.63) is 179 Å². The first-order valence-corrected chi connectivity index (χ1v) is 51.1. The van der Waals surface area contributed by atoms with Crippen LogP contribution in [-0.4, -0.2) is 244 Å². The number of halogens is 2. The van der Waals surface area contributed by atoms with E-state index in [1.165, 1.54) is 113 Å². The largest absolute Gasteiger partial charge is 1.00 e. The Bertz CT molecular complexity index is 4540. The summed E-state index contributed by atoms with van der Waals surface area (Å²) in [6, 6.07) is 53.3. The number of nitrogens with one attached hydrogen (secondary N) is 3. The summed E-state index contributed by atoms with van der Waals surface area (Å²) in [5.41, 5.74) is 17.6. The summed E-state index contributed by atoms with van der Waals surface area (Å²) in [5.74, 6) is 8.59. The minimum Gasteiger partial charge on any atom is -1.00 e. The van der Waals surface area contributed by atoms with E-state index in [0.717, 1.165) is 128 Å². The van der Waals surface area contributed by atoms with Crippen LogP contribution in [0.5, 0.6) is 0 Å². The van der Waals surface area contributed by atoms with Crippen LogP contribution >= 0.6 is 24.0 Å². The van der Waals surface area contributed by atoms with E-state index in [2.05, 4.69) is 157 Å². The number of nitrogens with two attached hydrogens (primary N) is 4. The number of benzene rings is 5. The smallest absolute Gasteiger partial charge is 1.00 e. The van der Waals surface area contributed by atoms with E-state index >= 15 is 0 Å². The number of rotatable bonds is 12. The first kappa shape index (κ1) is 124. The van der Waals surface area contributed by atoms with E-state index < -0.39 is 33.8 Å². The number of carbonyl (C=O) groups is 7. The van der Waals surface area contributed by atoms with E-state index in [1.54, 1.807) is 32.6 Å². The molecule has 4 unspecified atom stereocenters. The predicted octanol–water partition coefficient (Wildman–Crippen LogP) is 14.3. The number of ketones is 1. The van der Waals surface area contributed by atoms with Crippen LogP contribution in [0.2, 0.25) is 0 Å². The van der Waals surface area contributed by atoms with Crippen LogP contribution in [0.3, 0.4) is 0 Å². The summed E-state index contributed by atoms with van der Waals surface area (Å²) in [5, 5.41) is 36.2. The summed E-state index contributed by atoms with van der Waals surface area (Å²) in [6.45, 7) is 40.7. The molecule has 5 amide bonds. The average Bonchev–Trinajstić information content (AvgIpc) is 1.58. The molecule has 0 radical (unpaired) electrons. The number of amides is 5. The Labute approximate surface area is 876 Å². The van der Waals surface area contributed by atoms with Crippen molar-refractivity contribution in [2.75, 3.05) is 98.3 Å². The van der Waals surface area contributed by atoms with E-state index in [-0.39, 0.29) is 146 Å². The van der Waals surface area contributed by atoms with Crippen LogP contribution in [-0.2, 0) is 47.7 Å². The zero-order chi connectivity index (χ0) is 101. The summed E-state index contributed by atoms with van der Waals surface area (Å²) < 4.78 is 25.2. The minimum absolute atomic E-state index is 0. The quantitative estimate of drug-likeness (QED) is 0.0105. The first-order valence-electron chi connectivity index (χ1n) is 50.4. The summed E-state index contributed by atoms with van der Waals surface area (Å²) >= 11 is 4.64. The maximum Gasteiger partial charge on any atom is 1.00 e. The molecule has 0 aromatic heterocycles. The Balaban J connectivity index is 0.000000337. The molecule has 784 valence electrons. The molecular formula is C108H173AlCl2LiN13O16. The Kier molecular flexibility index (Phi) is 51.4. The van der Waals surface area contributed by atoms with Gasteiger partial charge < -0.3 is 87.6 Å². The predicted molar refractivity (Wildman–Crippen MR) is 560 cm³/mol. The zero-order valence-corrected chi connectivity index (χ0v) is 88.6. The fraction of sp³-hybridized carbons (Fsp3) is 0.648. The number of ether oxygens (including phenoxy) is 5. The number of alkyl halides is 1. The van der Waals surface area contributed by atoms with Crippen molar-refractivity contribution in [2.24, 2.45) is 60.9 Å². The van der Waals surface area contributed by atoms with E-state index in [4.69, 9.17) is 45.9 Å². The van der Waals surface area contributed by atoms with Crippen LogP contribution in [0.25, 0.3) is 0 Å². The van der Waals surface area contributed by atoms with Crippen LogP contribution in [0.4, 0.5) is 14.4 Å². The number of aliphatic hydroxyl groups is 1. The van der Waals surface area contributed by atoms with E-state index in [9.17, 15) is 33.6 Å². The molecule has 5 aromatic rings. The number of hydrogen-bond donors (Lipinski definition) is 10. The van der Waals surface area contributed by atoms with Gasteiger partial charge in [0.1, 0.15) is 22.2 Å². The second-order valence-corrected chi connectivity index (χ2v) is 42.4. The van der Waals surface area contributed by atoms with Gasteiger partial charge in [-0.05, 0) is 240 Å². The fourth-order valence-corrected chi connectivity index (χ4v) is 20.9. The summed E-state index contributed by atoms with van der Waals surface area (Å²) in [4.78, 5) is 98.3. The Morgan fingerprint density at radius 2 is 0.809 bits per heavy atom. The summed E-state index contributed by atoms with van der Waals surface area (Å²) in [7, 11) is 0. The molecule has 14 fully saturated rings. The van der Waals surface area contributed by atoms with Gasteiger partial charge in [0.2, 0.25) is 17.7 Å². The number of hydrogen-bond acceptors (Lipinski definition) is 24. The number of likely N-dealkylation sites (tertiary alicyclic amines) is 5. The Morgan fingerprint density at radius 3 is 1.09 bits per heavy atom. The number of aliphatic hydroxyl groups excluding tert-OH is 1. The number of nitrogens with zero attached hydrogens (tertiary/aromatic N) is 6. The molecule has 6 saturated carbocycles. The van der Waals surface area contributed by atoms with Gasteiger partial charge in [-0.25, -0.2) is 20.3 Å². The van der Waals surface area contributed by atoms with Crippen molar-refractivity contribution in [3.8, 4) is 0 Å². The molecule has 8 heterocycles. The van der Waals surface area contributed by atoms with E-state index in [0.29, 0.717) is 47.8 Å². The van der Waals surface area contributed by atoms with Crippen molar-refractivity contribution in [1.82, 2.24) is 40.4 Å². The average molecular weight is 2010 g/mol. The molecule has 6 spiro atoms. The van der Waals surface area contributed by atoms with Gasteiger partial charge in [-0.15, -0.1) is 24.0 Å². The van der Waals surface area contributed by atoms with E-state index in [1.807, 2.05) is 144 Å². The topological polar surface area (TPSA) is 404 Å². The molecule has 33 heteroatoms. The monoisotopic (exact) mass is 2010 g/mol. The van der Waals surface area contributed by atoms with Crippen molar-refractivity contribution < 1.29 is 97.9 Å². The molecule has 141 heavy (non-hydrogen) atoms. The third-order valence-electron chi connectivity index (χ3n) is 30.1. The molecule has 8 saturated heterocycles. The molecule has 5 aromatic carbocycles. The normalized spacial score (nSPS) is 23.2. The second kappa shape index (κ2) is 58.3. The molecule has 19 rings (SSSR count). The van der Waals surface area contributed by atoms with Gasteiger partial charge in [0, 0.05) is 120 Å². The number of alkyl carbamates (subject to hydrolysis) is 2. The maximum atomic E-state index is 12.6. The summed E-state index contributed by atoms with van der Waals surface area (Å²) in [6.07, 6.45) is 24.9. The SMILES string of the molecule is C1CCOC1.C1CCOC1.CC(C)(C)OC(=O)NC1CNCC12CCC2.CC(C)(C)OC(=O)ON.CCO.CCl.C[C@H](c1ccccc1)N1C/C(=N\O)C2(CCC2)C1=O.C[C@H](c1ccccc1)N1CC(=O)C2(CCC2)C1=O.C[C@H](c1ccccc1)N1CC(N)C2(CCC2)C1.C[C@H](c1ccccc1)N1CC(N)C2(CCC2)C1=O.C[C@H](c1ccccc1)N1CC(NC(=O)OC(C)(C)C)C2(CCC2)C1.Cl.NO.[AlH3].[H-].[Li+]. The van der Waals surface area contributed by atoms with Crippen LogP contribution < -0.4 is 58.1 Å². The van der Waals surface area contributed by atoms with Crippen molar-refractivity contribution >= 4 is 88.9 Å². The molecule has 29 nitrogen and oxygen atoms in total. The van der Waals surface area contributed by atoms with Crippen LogP contribution in [0, 0.1) is 32.5 Å². The Hall–Kier alpha value is -7.27. The fourth-order valence-electron chi connectivity index (χ4n) is 20.9. The third kappa shape index (κ3) is 33.4. The molecule has 14 aliphatic rings. The molecule has 0 bridgehead atoms. The standard InChI is InChI=1S/C20H30N2O2.C15H18N2O2.C15H20N2O.C15H22N2.C15H17NO2.C12H22N2O2.C5H11NO3.2C4H8O.C2H6O.CH3Cl.Al.ClH.Li.H3NO.4H/c1-15(16-9-6-5-7-10-16)22-13-17(20(14-22)11-8-12-20)21-18(23)24-19(2,3)4;1-11(12-6-3-2-4-7-12)17-10-13(16-19)15(14(17)18)8-5-9-15;1-11(12-6-3-2-4-7-12)17-10-13(16)15(14(17)18)8-5-9-15;1-12(13-6-3-2-4-7-13)17-10-14(16)15(11-17)8-5-9-15;1-11(12-6-3-2-4-7-12)16-10-13(17)15(14(16)18)8-5-9-15;1-11(2,3)16-10(15)14-9-7-13-8-12(9)5-4-6-12;1-5(2,3)8-4(7)9-6;2*1-2-4-5-3-1;1-2-3;1-2;;;;1-2;;;;/h5-7,9-10,15,17H,8,11-14H2,1-4H3,(H,21,23);2-4,6-7,11,19H,5,8-10H2,1H3;2-4,6-7,11,13H,5,8-10,16H2,1H3;2-4,6-7,12,14H,5,8-11,16H2,1H3;2-4,6-7,11H,5,8-10H2,1H3;9,13H,4-8H2,1-3H3,(H,14,15);6H2,1-3H3;2*1-4H2;3H,2H2,1H3;1H3;;1H;;2H,1H2;;;;/q;;;;;;;;;;;;;+1;;;;;-1/b;16-13+;;;;;;;;;;;;;;;;;/t15-,17?;11-;11-,13?;12-,14?;11-;;;;;;;;;;;;;;/m11111............../s1. The van der Waals surface area contributed by atoms with Gasteiger partial charge in [0.05, 0.1) is 59.8 Å². The van der Waals surface area contributed by atoms with Crippen molar-refractivity contribution in [2.45, 2.75) is 316 Å². The van der Waals surface area contributed by atoms with Gasteiger partial charge >= 0.3 is 37.2 Å². The first-order chi connectivity index (χ1) is 65.8. The molecular weight excluding hydrogens is 1840 g/mol. The van der Waals surface area contributed by atoms with Gasteiger partial charge in [-0.2, -0.15) is 5.90 Å². The second-order valence-electron chi connectivity index (χ2n) is 42.4. The number of oxime groups is 1.